The van der Waals surface area contributed by atoms with Gasteiger partial charge >= 0.3 is 5.97 Å². The first-order valence-corrected chi connectivity index (χ1v) is 6.32. The number of aryl methyl sites for hydroxylation is 1. The summed E-state index contributed by atoms with van der Waals surface area (Å²) in [7, 11) is 0. The molecule has 0 heterocycles. The van der Waals surface area contributed by atoms with E-state index in [1.165, 1.54) is 0 Å². The summed E-state index contributed by atoms with van der Waals surface area (Å²) >= 11 is 5.12. The highest BCUT2D eigenvalue weighted by Gasteiger charge is 2.09. The largest absolute Gasteiger partial charge is 0.462 e. The minimum absolute atomic E-state index is 0.324. The Morgan fingerprint density at radius 3 is 2.72 bits per heavy atom. The number of hydrogen-bond donors (Lipinski definition) is 2. The van der Waals surface area contributed by atoms with Gasteiger partial charge in [-0.2, -0.15) is 0 Å². The van der Waals surface area contributed by atoms with E-state index in [0.29, 0.717) is 17.3 Å². The summed E-state index contributed by atoms with van der Waals surface area (Å²) in [5.41, 5.74) is 2.35. The van der Waals surface area contributed by atoms with Gasteiger partial charge in [0.05, 0.1) is 12.2 Å². The molecular weight excluding hydrogens is 248 g/mol. The van der Waals surface area contributed by atoms with Gasteiger partial charge < -0.3 is 15.4 Å². The highest BCUT2D eigenvalue weighted by molar-refractivity contribution is 7.80. The van der Waals surface area contributed by atoms with Gasteiger partial charge in [0.15, 0.2) is 5.11 Å². The molecule has 2 N–H and O–H groups in total. The number of thiocarbonyl (C=S) groups is 1. The summed E-state index contributed by atoms with van der Waals surface area (Å²) in [6.07, 6.45) is 0. The summed E-state index contributed by atoms with van der Waals surface area (Å²) in [4.78, 5) is 11.6. The van der Waals surface area contributed by atoms with Crippen LogP contribution in [0.5, 0.6) is 0 Å². The molecule has 0 spiro atoms. The van der Waals surface area contributed by atoms with Crippen LogP contribution in [0.25, 0.3) is 0 Å². The Hall–Kier alpha value is -1.62. The Labute approximate surface area is 113 Å². The Kier molecular flexibility index (Phi) is 5.58. The van der Waals surface area contributed by atoms with Crippen LogP contribution in [-0.2, 0) is 4.74 Å². The topological polar surface area (TPSA) is 50.4 Å². The first-order chi connectivity index (χ1) is 8.58. The molecule has 0 saturated heterocycles. The molecule has 4 nitrogen and oxygen atoms in total. The standard InChI is InChI=1S/C13H18N2O2S/c1-4-14-13(18)15-11-8-10(7-6-9(11)3)12(16)17-5-2/h6-8H,4-5H2,1-3H3,(H2,14,15,18). The second kappa shape index (κ2) is 6.96. The maximum absolute atomic E-state index is 11.6. The van der Waals surface area contributed by atoms with E-state index in [4.69, 9.17) is 17.0 Å². The number of hydrogen-bond acceptors (Lipinski definition) is 3. The third kappa shape index (κ3) is 4.00. The van der Waals surface area contributed by atoms with Crippen molar-refractivity contribution in [1.29, 1.82) is 0 Å². The molecule has 1 aromatic carbocycles. The first-order valence-electron chi connectivity index (χ1n) is 5.91. The van der Waals surface area contributed by atoms with Gasteiger partial charge in [-0.3, -0.25) is 0 Å². The van der Waals surface area contributed by atoms with E-state index in [0.717, 1.165) is 17.8 Å². The van der Waals surface area contributed by atoms with Gasteiger partial charge in [0, 0.05) is 12.2 Å². The van der Waals surface area contributed by atoms with E-state index in [2.05, 4.69) is 10.6 Å². The first kappa shape index (κ1) is 14.4. The number of esters is 1. The molecule has 18 heavy (non-hydrogen) atoms. The number of carbonyl (C=O) groups is 1. The van der Waals surface area contributed by atoms with E-state index < -0.39 is 0 Å². The zero-order chi connectivity index (χ0) is 13.5. The van der Waals surface area contributed by atoms with E-state index >= 15 is 0 Å². The highest BCUT2D eigenvalue weighted by Crippen LogP contribution is 2.17. The van der Waals surface area contributed by atoms with Crippen molar-refractivity contribution >= 4 is 29.0 Å². The van der Waals surface area contributed by atoms with Crippen molar-refractivity contribution in [2.45, 2.75) is 20.8 Å². The number of rotatable bonds is 4. The lowest BCUT2D eigenvalue weighted by Crippen LogP contribution is -2.28. The number of benzene rings is 1. The fourth-order valence-corrected chi connectivity index (χ4v) is 1.68. The molecule has 0 aliphatic rings. The Balaban J connectivity index is 2.87. The van der Waals surface area contributed by atoms with Crippen molar-refractivity contribution in [2.75, 3.05) is 18.5 Å². The number of anilines is 1. The molecule has 0 aliphatic carbocycles. The molecule has 0 aromatic heterocycles. The molecule has 0 saturated carbocycles. The molecule has 1 aromatic rings. The Bertz CT molecular complexity index is 447. The maximum atomic E-state index is 11.6. The third-order valence-corrected chi connectivity index (χ3v) is 2.58. The lowest BCUT2D eigenvalue weighted by atomic mass is 10.1. The van der Waals surface area contributed by atoms with Crippen molar-refractivity contribution in [1.82, 2.24) is 5.32 Å². The molecule has 1 rings (SSSR count). The van der Waals surface area contributed by atoms with Gasteiger partial charge in [-0.25, -0.2) is 4.79 Å². The van der Waals surface area contributed by atoms with Crippen LogP contribution in [0.3, 0.4) is 0 Å². The summed E-state index contributed by atoms with van der Waals surface area (Å²) in [5, 5.41) is 6.60. The zero-order valence-electron chi connectivity index (χ0n) is 10.9. The van der Waals surface area contributed by atoms with Gasteiger partial charge in [-0.1, -0.05) is 6.07 Å². The average molecular weight is 266 g/mol. The molecule has 0 aliphatic heterocycles. The quantitative estimate of drug-likeness (QED) is 0.647. The predicted octanol–water partition coefficient (Wildman–Crippen LogP) is 2.48. The molecule has 0 radical (unpaired) electrons. The second-order valence-corrected chi connectivity index (χ2v) is 4.14. The number of ether oxygens (including phenoxy) is 1. The fraction of sp³-hybridized carbons (Fsp3) is 0.385. The lowest BCUT2D eigenvalue weighted by molar-refractivity contribution is 0.0526. The van der Waals surface area contributed by atoms with E-state index in [1.54, 1.807) is 19.1 Å². The van der Waals surface area contributed by atoms with Crippen molar-refractivity contribution in [3.8, 4) is 0 Å². The summed E-state index contributed by atoms with van der Waals surface area (Å²) in [5.74, 6) is -0.324. The zero-order valence-corrected chi connectivity index (χ0v) is 11.7. The summed E-state index contributed by atoms with van der Waals surface area (Å²) in [6, 6.07) is 5.36. The average Bonchev–Trinajstić information content (AvgIpc) is 2.32. The highest BCUT2D eigenvalue weighted by atomic mass is 32.1. The molecule has 98 valence electrons. The molecule has 0 fully saturated rings. The van der Waals surface area contributed by atoms with Gasteiger partial charge in [-0.15, -0.1) is 0 Å². The van der Waals surface area contributed by atoms with Gasteiger partial charge in [-0.05, 0) is 50.7 Å². The van der Waals surface area contributed by atoms with Crippen molar-refractivity contribution in [3.63, 3.8) is 0 Å². The van der Waals surface area contributed by atoms with E-state index in [-0.39, 0.29) is 5.97 Å². The SMILES string of the molecule is CCNC(=S)Nc1cc(C(=O)OCC)ccc1C. The normalized spacial score (nSPS) is 9.72. The van der Waals surface area contributed by atoms with Crippen LogP contribution >= 0.6 is 12.2 Å². The van der Waals surface area contributed by atoms with Crippen LogP contribution in [0.4, 0.5) is 5.69 Å². The Morgan fingerprint density at radius 1 is 1.39 bits per heavy atom. The molecule has 5 heteroatoms. The molecule has 0 bridgehead atoms. The van der Waals surface area contributed by atoms with Crippen LogP contribution in [-0.4, -0.2) is 24.2 Å². The summed E-state index contributed by atoms with van der Waals surface area (Å²) < 4.78 is 4.96. The van der Waals surface area contributed by atoms with Crippen molar-refractivity contribution in [2.24, 2.45) is 0 Å². The smallest absolute Gasteiger partial charge is 0.338 e. The minimum Gasteiger partial charge on any atom is -0.462 e. The lowest BCUT2D eigenvalue weighted by Gasteiger charge is -2.12. The predicted molar refractivity (Wildman–Crippen MR) is 77.0 cm³/mol. The van der Waals surface area contributed by atoms with Crippen LogP contribution in [0, 0.1) is 6.92 Å². The van der Waals surface area contributed by atoms with E-state index in [1.807, 2.05) is 19.9 Å². The van der Waals surface area contributed by atoms with Crippen molar-refractivity contribution < 1.29 is 9.53 Å². The molecule has 0 atom stereocenters. The Morgan fingerprint density at radius 2 is 2.11 bits per heavy atom. The van der Waals surface area contributed by atoms with Crippen molar-refractivity contribution in [3.05, 3.63) is 29.3 Å². The van der Waals surface area contributed by atoms with Gasteiger partial charge in [0.1, 0.15) is 0 Å². The van der Waals surface area contributed by atoms with Gasteiger partial charge in [0.25, 0.3) is 0 Å². The van der Waals surface area contributed by atoms with Crippen LogP contribution < -0.4 is 10.6 Å². The summed E-state index contributed by atoms with van der Waals surface area (Å²) in [6.45, 7) is 6.82. The van der Waals surface area contributed by atoms with Crippen LogP contribution in [0.2, 0.25) is 0 Å². The van der Waals surface area contributed by atoms with E-state index in [9.17, 15) is 4.79 Å². The third-order valence-electron chi connectivity index (χ3n) is 2.33. The monoisotopic (exact) mass is 266 g/mol. The van der Waals surface area contributed by atoms with Crippen LogP contribution in [0.1, 0.15) is 29.8 Å². The molecule has 0 amide bonds. The van der Waals surface area contributed by atoms with Crippen LogP contribution in [0.15, 0.2) is 18.2 Å². The fourth-order valence-electron chi connectivity index (χ4n) is 1.43. The second-order valence-electron chi connectivity index (χ2n) is 3.73. The maximum Gasteiger partial charge on any atom is 0.338 e. The minimum atomic E-state index is -0.324. The van der Waals surface area contributed by atoms with Gasteiger partial charge in [0.2, 0.25) is 0 Å². The molecule has 0 unspecified atom stereocenters. The number of carbonyl (C=O) groups excluding carboxylic acids is 1. The number of nitrogens with one attached hydrogen (secondary N) is 2. The molecular formula is C13H18N2O2S.